The van der Waals surface area contributed by atoms with Crippen LogP contribution in [-0.4, -0.2) is 54.5 Å². The number of hydrogen-bond acceptors (Lipinski definition) is 5. The van der Waals surface area contributed by atoms with Gasteiger partial charge in [0.25, 0.3) is 5.91 Å². The molecule has 2 amide bonds. The summed E-state index contributed by atoms with van der Waals surface area (Å²) < 4.78 is 5.60. The first-order valence-electron chi connectivity index (χ1n) is 10.8. The zero-order chi connectivity index (χ0) is 21.9. The molecule has 0 spiro atoms. The molecule has 166 valence electrons. The van der Waals surface area contributed by atoms with Gasteiger partial charge in [0.05, 0.1) is 13.2 Å². The molecule has 2 aromatic carbocycles. The van der Waals surface area contributed by atoms with Gasteiger partial charge in [-0.3, -0.25) is 14.5 Å². The lowest BCUT2D eigenvalue weighted by atomic mass is 10.2. The van der Waals surface area contributed by atoms with Crippen molar-refractivity contribution in [2.75, 3.05) is 43.1 Å². The molecular formula is C24H31N3O3S. The Kier molecular flexibility index (Phi) is 9.24. The first-order valence-corrected chi connectivity index (χ1v) is 12.0. The molecule has 0 radical (unpaired) electrons. The lowest BCUT2D eigenvalue weighted by molar-refractivity contribution is -0.115. The first kappa shape index (κ1) is 23.2. The summed E-state index contributed by atoms with van der Waals surface area (Å²) >= 11 is 1.99. The number of carbonyl (C=O) groups excluding carboxylic acids is 2. The number of carbonyl (C=O) groups is 2. The Morgan fingerprint density at radius 1 is 1.10 bits per heavy atom. The normalized spacial score (nSPS) is 14.1. The molecule has 1 aliphatic heterocycles. The molecule has 7 heteroatoms. The number of hydrogen-bond donors (Lipinski definition) is 2. The molecule has 2 N–H and O–H groups in total. The van der Waals surface area contributed by atoms with Crippen molar-refractivity contribution in [1.82, 2.24) is 10.2 Å². The van der Waals surface area contributed by atoms with Crippen LogP contribution in [0.1, 0.15) is 35.7 Å². The Hall–Kier alpha value is -2.51. The minimum absolute atomic E-state index is 0.0822. The molecule has 2 aromatic rings. The zero-order valence-corrected chi connectivity index (χ0v) is 18.9. The van der Waals surface area contributed by atoms with Gasteiger partial charge in [0.15, 0.2) is 0 Å². The average Bonchev–Trinajstić information content (AvgIpc) is 2.79. The largest absolute Gasteiger partial charge is 0.494 e. The van der Waals surface area contributed by atoms with Crippen LogP contribution in [0.5, 0.6) is 5.75 Å². The lowest BCUT2D eigenvalue weighted by Gasteiger charge is -2.26. The molecule has 1 fully saturated rings. The lowest BCUT2D eigenvalue weighted by Crippen LogP contribution is -2.33. The maximum absolute atomic E-state index is 12.3. The van der Waals surface area contributed by atoms with Gasteiger partial charge in [-0.05, 0) is 48.4 Å². The van der Waals surface area contributed by atoms with Crippen molar-refractivity contribution in [3.63, 3.8) is 0 Å². The summed E-state index contributed by atoms with van der Waals surface area (Å²) in [4.78, 5) is 27.0. The Balaban J connectivity index is 1.44. The van der Waals surface area contributed by atoms with E-state index in [0.717, 1.165) is 43.9 Å². The van der Waals surface area contributed by atoms with Crippen molar-refractivity contribution in [3.05, 3.63) is 59.7 Å². The Labute approximate surface area is 188 Å². The third-order valence-electron chi connectivity index (χ3n) is 5.01. The van der Waals surface area contributed by atoms with Crippen molar-refractivity contribution >= 4 is 29.3 Å². The van der Waals surface area contributed by atoms with Crippen LogP contribution >= 0.6 is 11.8 Å². The molecule has 0 aliphatic carbocycles. The highest BCUT2D eigenvalue weighted by molar-refractivity contribution is 7.99. The van der Waals surface area contributed by atoms with E-state index >= 15 is 0 Å². The maximum atomic E-state index is 12.3. The second kappa shape index (κ2) is 12.4. The van der Waals surface area contributed by atoms with Crippen molar-refractivity contribution in [2.45, 2.75) is 26.3 Å². The van der Waals surface area contributed by atoms with Crippen LogP contribution in [0, 0.1) is 0 Å². The van der Waals surface area contributed by atoms with Crippen molar-refractivity contribution < 1.29 is 14.3 Å². The smallest absolute Gasteiger partial charge is 0.251 e. The van der Waals surface area contributed by atoms with Gasteiger partial charge < -0.3 is 15.4 Å². The van der Waals surface area contributed by atoms with Crippen LogP contribution < -0.4 is 15.4 Å². The van der Waals surface area contributed by atoms with Gasteiger partial charge in [-0.1, -0.05) is 25.5 Å². The summed E-state index contributed by atoms with van der Waals surface area (Å²) in [5.41, 5.74) is 2.42. The average molecular weight is 442 g/mol. The Bertz CT molecular complexity index is 851. The van der Waals surface area contributed by atoms with Crippen molar-refractivity contribution in [1.29, 1.82) is 0 Å². The maximum Gasteiger partial charge on any atom is 0.251 e. The number of amides is 2. The van der Waals surface area contributed by atoms with E-state index in [1.807, 2.05) is 30.0 Å². The van der Waals surface area contributed by atoms with E-state index in [4.69, 9.17) is 4.74 Å². The summed E-state index contributed by atoms with van der Waals surface area (Å²) in [6.45, 7) is 5.78. The minimum atomic E-state index is -0.285. The predicted octanol–water partition coefficient (Wildman–Crippen LogP) is 3.78. The molecule has 0 saturated carbocycles. The highest BCUT2D eigenvalue weighted by Crippen LogP contribution is 2.16. The van der Waals surface area contributed by atoms with E-state index in [-0.39, 0.29) is 18.4 Å². The number of rotatable bonds is 10. The molecule has 0 atom stereocenters. The van der Waals surface area contributed by atoms with Crippen LogP contribution in [0.4, 0.5) is 5.69 Å². The fraction of sp³-hybridized carbons (Fsp3) is 0.417. The molecule has 31 heavy (non-hydrogen) atoms. The van der Waals surface area contributed by atoms with Gasteiger partial charge in [-0.25, -0.2) is 0 Å². The summed E-state index contributed by atoms with van der Waals surface area (Å²) in [6, 6.07) is 14.9. The number of unbranched alkanes of at least 4 members (excludes halogenated alkanes) is 1. The summed E-state index contributed by atoms with van der Waals surface area (Å²) in [5, 5.41) is 5.54. The molecule has 1 aliphatic rings. The fourth-order valence-corrected chi connectivity index (χ4v) is 4.25. The third kappa shape index (κ3) is 7.92. The number of benzene rings is 2. The van der Waals surface area contributed by atoms with Crippen LogP contribution in [0.3, 0.4) is 0 Å². The summed E-state index contributed by atoms with van der Waals surface area (Å²) in [6.07, 6.45) is 2.07. The van der Waals surface area contributed by atoms with Crippen LogP contribution in [0.15, 0.2) is 48.5 Å². The third-order valence-corrected chi connectivity index (χ3v) is 5.96. The van der Waals surface area contributed by atoms with Gasteiger partial charge in [0.2, 0.25) is 5.91 Å². The van der Waals surface area contributed by atoms with E-state index in [0.29, 0.717) is 12.2 Å². The number of thioether (sulfide) groups is 1. The molecular weight excluding hydrogens is 410 g/mol. The highest BCUT2D eigenvalue weighted by atomic mass is 32.2. The number of ether oxygens (including phenoxy) is 1. The Morgan fingerprint density at radius 2 is 1.87 bits per heavy atom. The first-order chi connectivity index (χ1) is 15.1. The Morgan fingerprint density at radius 3 is 2.61 bits per heavy atom. The molecule has 1 heterocycles. The molecule has 3 rings (SSSR count). The fourth-order valence-electron chi connectivity index (χ4n) is 3.27. The topological polar surface area (TPSA) is 70.7 Å². The van der Waals surface area contributed by atoms with Crippen LogP contribution in [0.2, 0.25) is 0 Å². The van der Waals surface area contributed by atoms with Crippen LogP contribution in [0.25, 0.3) is 0 Å². The summed E-state index contributed by atoms with van der Waals surface area (Å²) in [7, 11) is 0. The van der Waals surface area contributed by atoms with E-state index in [2.05, 4.69) is 28.5 Å². The molecule has 6 nitrogen and oxygen atoms in total. The second-order valence-electron chi connectivity index (χ2n) is 7.55. The van der Waals surface area contributed by atoms with E-state index in [1.165, 1.54) is 17.1 Å². The number of anilines is 1. The predicted molar refractivity (Wildman–Crippen MR) is 127 cm³/mol. The molecule has 0 unspecified atom stereocenters. The number of nitrogens with zero attached hydrogens (tertiary/aromatic N) is 1. The minimum Gasteiger partial charge on any atom is -0.494 e. The highest BCUT2D eigenvalue weighted by Gasteiger charge is 2.12. The van der Waals surface area contributed by atoms with Gasteiger partial charge in [0, 0.05) is 42.4 Å². The SMILES string of the molecule is CCCCOc1ccc(C(=O)NCC(=O)Nc2cccc(CN3CCSCC3)c2)cc1. The van der Waals surface area contributed by atoms with Gasteiger partial charge >= 0.3 is 0 Å². The standard InChI is InChI=1S/C24H31N3O3S/c1-2-3-13-30-22-9-7-20(8-10-22)24(29)25-17-23(28)26-21-6-4-5-19(16-21)18-27-11-14-31-15-12-27/h4-10,16H,2-3,11-15,17-18H2,1H3,(H,25,29)(H,26,28). The van der Waals surface area contributed by atoms with Gasteiger partial charge in [-0.15, -0.1) is 0 Å². The van der Waals surface area contributed by atoms with Gasteiger partial charge in [-0.2, -0.15) is 11.8 Å². The quantitative estimate of drug-likeness (QED) is 0.549. The van der Waals surface area contributed by atoms with E-state index < -0.39 is 0 Å². The van der Waals surface area contributed by atoms with E-state index in [1.54, 1.807) is 24.3 Å². The van der Waals surface area contributed by atoms with Crippen LogP contribution in [-0.2, 0) is 11.3 Å². The monoisotopic (exact) mass is 441 g/mol. The number of nitrogens with one attached hydrogen (secondary N) is 2. The molecule has 1 saturated heterocycles. The van der Waals surface area contributed by atoms with Gasteiger partial charge in [0.1, 0.15) is 5.75 Å². The second-order valence-corrected chi connectivity index (χ2v) is 8.77. The summed E-state index contributed by atoms with van der Waals surface area (Å²) in [5.74, 6) is 2.55. The van der Waals surface area contributed by atoms with Crippen molar-refractivity contribution in [3.8, 4) is 5.75 Å². The zero-order valence-electron chi connectivity index (χ0n) is 18.1. The molecule has 0 aromatic heterocycles. The van der Waals surface area contributed by atoms with Crippen molar-refractivity contribution in [2.24, 2.45) is 0 Å². The van der Waals surface area contributed by atoms with E-state index in [9.17, 15) is 9.59 Å². The molecule has 0 bridgehead atoms.